The van der Waals surface area contributed by atoms with Gasteiger partial charge in [0, 0.05) is 11.8 Å². The van der Waals surface area contributed by atoms with Crippen molar-refractivity contribution in [2.45, 2.75) is 31.0 Å². The minimum atomic E-state index is 0.427. The molecule has 0 fully saturated rings. The zero-order valence-corrected chi connectivity index (χ0v) is 13.4. The molecular weight excluding hydrogens is 270 g/mol. The molecule has 0 bridgehead atoms. The van der Waals surface area contributed by atoms with Gasteiger partial charge in [-0.3, -0.25) is 0 Å². The zero-order chi connectivity index (χ0) is 13.7. The second-order valence-corrected chi connectivity index (χ2v) is 6.96. The Balaban J connectivity index is 2.07. The number of rotatable bonds is 6. The van der Waals surface area contributed by atoms with Crippen LogP contribution in [-0.4, -0.2) is 12.3 Å². The maximum atomic E-state index is 3.59. The van der Waals surface area contributed by atoms with Gasteiger partial charge in [0.05, 0.1) is 4.21 Å². The number of thiophene rings is 1. The van der Waals surface area contributed by atoms with E-state index < -0.39 is 0 Å². The van der Waals surface area contributed by atoms with Gasteiger partial charge in [0.25, 0.3) is 0 Å². The van der Waals surface area contributed by atoms with Crippen LogP contribution in [-0.2, 0) is 0 Å². The first kappa shape index (κ1) is 14.6. The molecule has 2 rings (SSSR count). The van der Waals surface area contributed by atoms with Crippen LogP contribution in [0.1, 0.15) is 29.7 Å². The molecule has 1 N–H and O–H groups in total. The van der Waals surface area contributed by atoms with Crippen LogP contribution in [0.3, 0.4) is 0 Å². The number of hydrogen-bond acceptors (Lipinski definition) is 3. The molecule has 3 heteroatoms. The monoisotopic (exact) mass is 291 g/mol. The Kier molecular flexibility index (Phi) is 5.49. The van der Waals surface area contributed by atoms with Crippen molar-refractivity contribution in [1.82, 2.24) is 5.32 Å². The number of hydrogen-bond donors (Lipinski definition) is 1. The van der Waals surface area contributed by atoms with E-state index in [0.717, 1.165) is 12.3 Å². The van der Waals surface area contributed by atoms with E-state index in [1.165, 1.54) is 20.9 Å². The quantitative estimate of drug-likeness (QED) is 0.767. The Hall–Kier alpha value is -0.770. The van der Waals surface area contributed by atoms with Crippen molar-refractivity contribution in [2.24, 2.45) is 0 Å². The van der Waals surface area contributed by atoms with Gasteiger partial charge >= 0.3 is 0 Å². The molecule has 0 spiro atoms. The average molecular weight is 291 g/mol. The summed E-state index contributed by atoms with van der Waals surface area (Å²) in [5.74, 6) is 1.08. The van der Waals surface area contributed by atoms with Gasteiger partial charge < -0.3 is 5.32 Å². The molecule has 0 radical (unpaired) electrons. The lowest BCUT2D eigenvalue weighted by atomic mass is 10.0. The largest absolute Gasteiger partial charge is 0.309 e. The van der Waals surface area contributed by atoms with Crippen LogP contribution < -0.4 is 5.32 Å². The fraction of sp³-hybridized carbons (Fsp3) is 0.375. The van der Waals surface area contributed by atoms with Crippen molar-refractivity contribution >= 4 is 23.1 Å². The van der Waals surface area contributed by atoms with Crippen molar-refractivity contribution in [1.29, 1.82) is 0 Å². The van der Waals surface area contributed by atoms with Crippen molar-refractivity contribution < 1.29 is 0 Å². The standard InChI is InChI=1S/C16H21NS2/c1-4-17-15(11-19-16-6-5-9-18-16)14-8-7-12(2)13(3)10-14/h5-10,15,17H,4,11H2,1-3H3. The first-order chi connectivity index (χ1) is 9.20. The van der Waals surface area contributed by atoms with E-state index in [-0.39, 0.29) is 0 Å². The van der Waals surface area contributed by atoms with Crippen LogP contribution in [0.2, 0.25) is 0 Å². The van der Waals surface area contributed by atoms with Gasteiger partial charge in [-0.2, -0.15) is 0 Å². The smallest absolute Gasteiger partial charge is 0.0599 e. The van der Waals surface area contributed by atoms with Gasteiger partial charge in [-0.15, -0.1) is 23.1 Å². The van der Waals surface area contributed by atoms with Crippen LogP contribution in [0.25, 0.3) is 0 Å². The molecule has 1 heterocycles. The average Bonchev–Trinajstić information content (AvgIpc) is 2.91. The molecule has 0 amide bonds. The molecule has 0 aliphatic rings. The van der Waals surface area contributed by atoms with Gasteiger partial charge in [-0.1, -0.05) is 31.2 Å². The first-order valence-corrected chi connectivity index (χ1v) is 8.54. The van der Waals surface area contributed by atoms with Crippen LogP contribution >= 0.6 is 23.1 Å². The van der Waals surface area contributed by atoms with Crippen LogP contribution in [0.5, 0.6) is 0 Å². The van der Waals surface area contributed by atoms with Crippen LogP contribution in [0.15, 0.2) is 39.9 Å². The molecule has 1 nitrogen and oxygen atoms in total. The molecule has 1 atom stereocenters. The fourth-order valence-corrected chi connectivity index (χ4v) is 3.92. The highest BCUT2D eigenvalue weighted by Crippen LogP contribution is 2.28. The van der Waals surface area contributed by atoms with Gasteiger partial charge in [-0.05, 0) is 48.5 Å². The molecule has 1 aromatic carbocycles. The Bertz CT molecular complexity index is 505. The fourth-order valence-electron chi connectivity index (χ4n) is 2.01. The third-order valence-corrected chi connectivity index (χ3v) is 5.50. The highest BCUT2D eigenvalue weighted by Gasteiger charge is 2.11. The van der Waals surface area contributed by atoms with Crippen molar-refractivity contribution in [3.63, 3.8) is 0 Å². The van der Waals surface area contributed by atoms with Crippen molar-refractivity contribution in [3.05, 3.63) is 52.4 Å². The Morgan fingerprint density at radius 3 is 2.68 bits per heavy atom. The maximum Gasteiger partial charge on any atom is 0.0599 e. The van der Waals surface area contributed by atoms with E-state index in [1.807, 2.05) is 23.1 Å². The maximum absolute atomic E-state index is 3.59. The third-order valence-electron chi connectivity index (χ3n) is 3.27. The van der Waals surface area contributed by atoms with E-state index in [4.69, 9.17) is 0 Å². The summed E-state index contributed by atoms with van der Waals surface area (Å²) in [5, 5.41) is 5.73. The van der Waals surface area contributed by atoms with Gasteiger partial charge in [0.1, 0.15) is 0 Å². The number of nitrogens with one attached hydrogen (secondary N) is 1. The summed E-state index contributed by atoms with van der Waals surface area (Å²) < 4.78 is 1.40. The Morgan fingerprint density at radius 2 is 2.05 bits per heavy atom. The van der Waals surface area contributed by atoms with Crippen LogP contribution in [0, 0.1) is 13.8 Å². The number of aryl methyl sites for hydroxylation is 2. The molecule has 0 aliphatic carbocycles. The predicted octanol–water partition coefficient (Wildman–Crippen LogP) is 4.81. The summed E-state index contributed by atoms with van der Waals surface area (Å²) >= 11 is 3.76. The normalized spacial score (nSPS) is 12.6. The molecule has 0 aliphatic heterocycles. The molecule has 0 saturated carbocycles. The molecule has 1 aromatic heterocycles. The molecule has 1 unspecified atom stereocenters. The molecule has 0 saturated heterocycles. The van der Waals surface area contributed by atoms with E-state index in [2.05, 4.69) is 61.8 Å². The number of thioether (sulfide) groups is 1. The molecular formula is C16H21NS2. The second-order valence-electron chi connectivity index (χ2n) is 4.70. The van der Waals surface area contributed by atoms with E-state index in [9.17, 15) is 0 Å². The van der Waals surface area contributed by atoms with Crippen molar-refractivity contribution in [3.8, 4) is 0 Å². The molecule has 19 heavy (non-hydrogen) atoms. The highest BCUT2D eigenvalue weighted by molar-refractivity contribution is 8.01. The first-order valence-electron chi connectivity index (χ1n) is 6.67. The van der Waals surface area contributed by atoms with Gasteiger partial charge in [-0.25, -0.2) is 0 Å². The SMILES string of the molecule is CCNC(CSc1cccs1)c1ccc(C)c(C)c1. The molecule has 2 aromatic rings. The minimum absolute atomic E-state index is 0.427. The Morgan fingerprint density at radius 1 is 1.21 bits per heavy atom. The highest BCUT2D eigenvalue weighted by atomic mass is 32.2. The summed E-state index contributed by atoms with van der Waals surface area (Å²) in [7, 11) is 0. The summed E-state index contributed by atoms with van der Waals surface area (Å²) in [6.45, 7) is 7.53. The van der Waals surface area contributed by atoms with E-state index >= 15 is 0 Å². The lowest BCUT2D eigenvalue weighted by molar-refractivity contribution is 0.605. The molecule has 102 valence electrons. The van der Waals surface area contributed by atoms with Gasteiger partial charge in [0.2, 0.25) is 0 Å². The summed E-state index contributed by atoms with van der Waals surface area (Å²) in [6, 6.07) is 11.5. The summed E-state index contributed by atoms with van der Waals surface area (Å²) in [5.41, 5.74) is 4.14. The summed E-state index contributed by atoms with van der Waals surface area (Å²) in [4.78, 5) is 0. The van der Waals surface area contributed by atoms with Crippen LogP contribution in [0.4, 0.5) is 0 Å². The lowest BCUT2D eigenvalue weighted by Crippen LogP contribution is -2.23. The second kappa shape index (κ2) is 7.13. The Labute approximate surface area is 124 Å². The van der Waals surface area contributed by atoms with E-state index in [0.29, 0.717) is 6.04 Å². The summed E-state index contributed by atoms with van der Waals surface area (Å²) in [6.07, 6.45) is 0. The van der Waals surface area contributed by atoms with Gasteiger partial charge in [0.15, 0.2) is 0 Å². The zero-order valence-electron chi connectivity index (χ0n) is 11.8. The topological polar surface area (TPSA) is 12.0 Å². The van der Waals surface area contributed by atoms with Crippen molar-refractivity contribution in [2.75, 3.05) is 12.3 Å². The lowest BCUT2D eigenvalue weighted by Gasteiger charge is -2.18. The number of benzene rings is 1. The minimum Gasteiger partial charge on any atom is -0.309 e. The third kappa shape index (κ3) is 4.10. The van der Waals surface area contributed by atoms with E-state index in [1.54, 1.807) is 0 Å². The predicted molar refractivity (Wildman–Crippen MR) is 87.4 cm³/mol.